The molecule has 1 N–H and O–H groups in total. The first-order valence-electron chi connectivity index (χ1n) is 5.18. The van der Waals surface area contributed by atoms with Gasteiger partial charge in [-0.05, 0) is 25.5 Å². The summed E-state index contributed by atoms with van der Waals surface area (Å²) in [4.78, 5) is 11.0. The van der Waals surface area contributed by atoms with Crippen LogP contribution >= 0.6 is 0 Å². The molecule has 0 aromatic carbocycles. The molecule has 84 valence electrons. The largest absolute Gasteiger partial charge is 0.466 e. The van der Waals surface area contributed by atoms with Gasteiger partial charge in [0.25, 0.3) is 0 Å². The van der Waals surface area contributed by atoms with E-state index in [4.69, 9.17) is 9.84 Å². The van der Waals surface area contributed by atoms with Crippen LogP contribution in [0.25, 0.3) is 0 Å². The molecule has 0 unspecified atom stereocenters. The number of rotatable bonds is 6. The van der Waals surface area contributed by atoms with Crippen molar-refractivity contribution in [3.8, 4) is 0 Å². The number of hydrogen-bond acceptors (Lipinski definition) is 3. The quantitative estimate of drug-likeness (QED) is 0.722. The second-order valence-electron chi connectivity index (χ2n) is 3.26. The average Bonchev–Trinajstić information content (AvgIpc) is 2.66. The molecule has 1 aromatic heterocycles. The van der Waals surface area contributed by atoms with Crippen LogP contribution in [0.4, 0.5) is 0 Å². The van der Waals surface area contributed by atoms with Crippen molar-refractivity contribution in [3.63, 3.8) is 0 Å². The molecule has 0 atom stereocenters. The number of carbonyl (C=O) groups excluding carboxylic acids is 1. The number of aliphatic hydroxyl groups excluding tert-OH is 1. The third-order valence-corrected chi connectivity index (χ3v) is 2.17. The number of esters is 1. The van der Waals surface area contributed by atoms with E-state index in [1.807, 2.05) is 22.9 Å². The Bertz CT molecular complexity index is 307. The Labute approximate surface area is 89.5 Å². The highest BCUT2D eigenvalue weighted by atomic mass is 16.5. The number of aromatic nitrogens is 1. The summed E-state index contributed by atoms with van der Waals surface area (Å²) in [6.45, 7) is 3.01. The van der Waals surface area contributed by atoms with Crippen molar-refractivity contribution < 1.29 is 14.6 Å². The fourth-order valence-corrected chi connectivity index (χ4v) is 1.44. The molecule has 0 aliphatic carbocycles. The Morgan fingerprint density at radius 1 is 1.60 bits per heavy atom. The van der Waals surface area contributed by atoms with Gasteiger partial charge < -0.3 is 14.4 Å². The summed E-state index contributed by atoms with van der Waals surface area (Å²) >= 11 is 0. The van der Waals surface area contributed by atoms with Crippen molar-refractivity contribution in [2.45, 2.75) is 32.9 Å². The van der Waals surface area contributed by atoms with Gasteiger partial charge in [-0.15, -0.1) is 0 Å². The minimum Gasteiger partial charge on any atom is -0.466 e. The molecule has 1 aromatic rings. The molecular formula is C11H17NO3. The number of aryl methyl sites for hydroxylation is 1. The van der Waals surface area contributed by atoms with E-state index in [1.165, 1.54) is 0 Å². The molecule has 0 fully saturated rings. The van der Waals surface area contributed by atoms with E-state index < -0.39 is 0 Å². The third kappa shape index (κ3) is 3.75. The fourth-order valence-electron chi connectivity index (χ4n) is 1.44. The van der Waals surface area contributed by atoms with Gasteiger partial charge in [0.15, 0.2) is 0 Å². The van der Waals surface area contributed by atoms with Crippen molar-refractivity contribution in [1.82, 2.24) is 4.57 Å². The highest BCUT2D eigenvalue weighted by Crippen LogP contribution is 2.05. The number of hydrogen-bond donors (Lipinski definition) is 1. The molecule has 0 saturated heterocycles. The number of ether oxygens (including phenoxy) is 1. The molecule has 0 bridgehead atoms. The molecule has 0 aliphatic heterocycles. The average molecular weight is 211 g/mol. The molecule has 0 aliphatic rings. The predicted molar refractivity (Wildman–Crippen MR) is 56.2 cm³/mol. The van der Waals surface area contributed by atoms with Crippen LogP contribution in [0.1, 0.15) is 25.5 Å². The molecule has 4 nitrogen and oxygen atoms in total. The zero-order valence-corrected chi connectivity index (χ0v) is 8.98. The topological polar surface area (TPSA) is 51.5 Å². The molecule has 0 spiro atoms. The first-order chi connectivity index (χ1) is 7.27. The van der Waals surface area contributed by atoms with E-state index in [-0.39, 0.29) is 12.6 Å². The first kappa shape index (κ1) is 11.8. The summed E-state index contributed by atoms with van der Waals surface area (Å²) in [6.07, 6.45) is 3.06. The van der Waals surface area contributed by atoms with Gasteiger partial charge >= 0.3 is 5.97 Å². The fraction of sp³-hybridized carbons (Fsp3) is 0.545. The molecule has 4 heteroatoms. The standard InChI is InChI=1S/C11H17NO3/c1-2-15-11(14)6-4-8-12-7-3-5-10(12)9-13/h3,5,7,13H,2,4,6,8-9H2,1H3. The minimum atomic E-state index is -0.157. The van der Waals surface area contributed by atoms with Crippen molar-refractivity contribution in [3.05, 3.63) is 24.0 Å². The maximum Gasteiger partial charge on any atom is 0.305 e. The van der Waals surface area contributed by atoms with Gasteiger partial charge in [-0.2, -0.15) is 0 Å². The Balaban J connectivity index is 2.28. The lowest BCUT2D eigenvalue weighted by Crippen LogP contribution is -2.07. The minimum absolute atomic E-state index is 0.0341. The van der Waals surface area contributed by atoms with E-state index in [0.717, 1.165) is 18.7 Å². The van der Waals surface area contributed by atoms with Crippen LogP contribution in [0.3, 0.4) is 0 Å². The van der Waals surface area contributed by atoms with E-state index in [2.05, 4.69) is 0 Å². The van der Waals surface area contributed by atoms with Crippen molar-refractivity contribution in [1.29, 1.82) is 0 Å². The first-order valence-corrected chi connectivity index (χ1v) is 5.18. The molecule has 1 rings (SSSR count). The Morgan fingerprint density at radius 3 is 3.07 bits per heavy atom. The summed E-state index contributed by atoms with van der Waals surface area (Å²) in [7, 11) is 0. The van der Waals surface area contributed by atoms with E-state index >= 15 is 0 Å². The smallest absolute Gasteiger partial charge is 0.305 e. The van der Waals surface area contributed by atoms with Gasteiger partial charge in [0.2, 0.25) is 0 Å². The van der Waals surface area contributed by atoms with Crippen molar-refractivity contribution >= 4 is 5.97 Å². The van der Waals surface area contributed by atoms with Crippen LogP contribution in [0.15, 0.2) is 18.3 Å². The van der Waals surface area contributed by atoms with Crippen LogP contribution < -0.4 is 0 Å². The summed E-state index contributed by atoms with van der Waals surface area (Å²) in [5, 5.41) is 8.99. The summed E-state index contributed by atoms with van der Waals surface area (Å²) in [5.41, 5.74) is 0.874. The van der Waals surface area contributed by atoms with Crippen LogP contribution in [-0.4, -0.2) is 22.2 Å². The SMILES string of the molecule is CCOC(=O)CCCn1cccc1CO. The molecule has 15 heavy (non-hydrogen) atoms. The van der Waals surface area contributed by atoms with Crippen molar-refractivity contribution in [2.24, 2.45) is 0 Å². The van der Waals surface area contributed by atoms with Crippen LogP contribution in [-0.2, 0) is 22.7 Å². The second-order valence-corrected chi connectivity index (χ2v) is 3.26. The van der Waals surface area contributed by atoms with Gasteiger partial charge in [0.1, 0.15) is 0 Å². The Kier molecular flexibility index (Phi) is 4.90. The van der Waals surface area contributed by atoms with Crippen LogP contribution in [0.5, 0.6) is 0 Å². The van der Waals surface area contributed by atoms with Gasteiger partial charge in [0, 0.05) is 24.9 Å². The molecule has 0 amide bonds. The zero-order chi connectivity index (χ0) is 11.1. The molecule has 1 heterocycles. The lowest BCUT2D eigenvalue weighted by Gasteiger charge is -2.06. The Hall–Kier alpha value is -1.29. The summed E-state index contributed by atoms with van der Waals surface area (Å²) < 4.78 is 6.76. The Morgan fingerprint density at radius 2 is 2.40 bits per heavy atom. The highest BCUT2D eigenvalue weighted by molar-refractivity contribution is 5.69. The number of aliphatic hydroxyl groups is 1. The predicted octanol–water partition coefficient (Wildman–Crippen LogP) is 1.32. The van der Waals surface area contributed by atoms with Gasteiger partial charge in [-0.1, -0.05) is 0 Å². The molecule has 0 saturated carbocycles. The normalized spacial score (nSPS) is 10.3. The highest BCUT2D eigenvalue weighted by Gasteiger charge is 2.03. The number of carbonyl (C=O) groups is 1. The molecular weight excluding hydrogens is 194 g/mol. The van der Waals surface area contributed by atoms with Crippen LogP contribution in [0, 0.1) is 0 Å². The third-order valence-electron chi connectivity index (χ3n) is 2.17. The van der Waals surface area contributed by atoms with Gasteiger partial charge in [-0.3, -0.25) is 4.79 Å². The lowest BCUT2D eigenvalue weighted by molar-refractivity contribution is -0.143. The number of nitrogens with zero attached hydrogens (tertiary/aromatic N) is 1. The summed E-state index contributed by atoms with van der Waals surface area (Å²) in [6, 6.07) is 3.75. The van der Waals surface area contributed by atoms with E-state index in [0.29, 0.717) is 13.0 Å². The van der Waals surface area contributed by atoms with E-state index in [1.54, 1.807) is 6.92 Å². The van der Waals surface area contributed by atoms with Crippen molar-refractivity contribution in [2.75, 3.05) is 6.61 Å². The van der Waals surface area contributed by atoms with E-state index in [9.17, 15) is 4.79 Å². The summed E-state index contributed by atoms with van der Waals surface area (Å²) in [5.74, 6) is -0.157. The lowest BCUT2D eigenvalue weighted by atomic mass is 10.3. The van der Waals surface area contributed by atoms with Gasteiger partial charge in [0.05, 0.1) is 13.2 Å². The monoisotopic (exact) mass is 211 g/mol. The maximum absolute atomic E-state index is 11.0. The van der Waals surface area contributed by atoms with Crippen LogP contribution in [0.2, 0.25) is 0 Å². The van der Waals surface area contributed by atoms with Gasteiger partial charge in [-0.25, -0.2) is 0 Å². The maximum atomic E-state index is 11.0. The molecule has 0 radical (unpaired) electrons. The second kappa shape index (κ2) is 6.24. The zero-order valence-electron chi connectivity index (χ0n) is 8.98.